The van der Waals surface area contributed by atoms with Crippen LogP contribution < -0.4 is 0 Å². The highest BCUT2D eigenvalue weighted by Gasteiger charge is 2.41. The molecule has 1 N–H and O–H groups in total. The monoisotopic (exact) mass is 278 g/mol. The summed E-state index contributed by atoms with van der Waals surface area (Å²) in [7, 11) is 0. The molecule has 0 radical (unpaired) electrons. The van der Waals surface area contributed by atoms with Crippen LogP contribution in [-0.4, -0.2) is 51.8 Å². The van der Waals surface area contributed by atoms with Gasteiger partial charge in [-0.25, -0.2) is 4.79 Å². The normalized spacial score (nSPS) is 22.3. The maximum atomic E-state index is 12.3. The molecule has 0 aliphatic carbocycles. The molecule has 2 amide bonds. The number of amides is 2. The molecule has 0 saturated carbocycles. The van der Waals surface area contributed by atoms with E-state index in [-0.39, 0.29) is 36.7 Å². The number of furan rings is 1. The number of piperazine rings is 1. The van der Waals surface area contributed by atoms with Gasteiger partial charge in [-0.15, -0.1) is 0 Å². The second-order valence-electron chi connectivity index (χ2n) is 5.01. The van der Waals surface area contributed by atoms with Crippen molar-refractivity contribution < 1.29 is 23.9 Å². The third-order valence-electron chi connectivity index (χ3n) is 3.72. The van der Waals surface area contributed by atoms with Crippen LogP contribution in [0.5, 0.6) is 0 Å². The summed E-state index contributed by atoms with van der Waals surface area (Å²) in [4.78, 5) is 38.0. The maximum absolute atomic E-state index is 12.3. The molecule has 2 fully saturated rings. The zero-order chi connectivity index (χ0) is 14.3. The summed E-state index contributed by atoms with van der Waals surface area (Å²) < 4.78 is 5.12. The Hall–Kier alpha value is -2.31. The van der Waals surface area contributed by atoms with Crippen LogP contribution in [0.2, 0.25) is 0 Å². The minimum atomic E-state index is -1.15. The van der Waals surface area contributed by atoms with Crippen LogP contribution in [0.15, 0.2) is 16.5 Å². The molecule has 3 heterocycles. The molecule has 0 aromatic carbocycles. The van der Waals surface area contributed by atoms with E-state index < -0.39 is 5.97 Å². The SMILES string of the molecule is O=C(O)c1ccc(CN2CC(=O)N3CCCC3C2=O)o1. The van der Waals surface area contributed by atoms with E-state index in [1.807, 2.05) is 0 Å². The number of carbonyl (C=O) groups is 3. The molecule has 1 atom stereocenters. The summed E-state index contributed by atoms with van der Waals surface area (Å²) in [5.74, 6) is -1.10. The smallest absolute Gasteiger partial charge is 0.371 e. The lowest BCUT2D eigenvalue weighted by Gasteiger charge is -2.35. The van der Waals surface area contributed by atoms with Crippen molar-refractivity contribution in [3.05, 3.63) is 23.7 Å². The summed E-state index contributed by atoms with van der Waals surface area (Å²) in [5.41, 5.74) is 0. The predicted molar refractivity (Wildman–Crippen MR) is 65.8 cm³/mol. The molecule has 0 bridgehead atoms. The molecular weight excluding hydrogens is 264 g/mol. The van der Waals surface area contributed by atoms with Crippen LogP contribution in [0.1, 0.15) is 29.2 Å². The average molecular weight is 278 g/mol. The molecule has 7 nitrogen and oxygen atoms in total. The first-order valence-corrected chi connectivity index (χ1v) is 6.46. The van der Waals surface area contributed by atoms with Gasteiger partial charge in [0, 0.05) is 6.54 Å². The van der Waals surface area contributed by atoms with E-state index in [9.17, 15) is 14.4 Å². The highest BCUT2D eigenvalue weighted by molar-refractivity contribution is 5.95. The van der Waals surface area contributed by atoms with Crippen molar-refractivity contribution in [1.82, 2.24) is 9.80 Å². The van der Waals surface area contributed by atoms with Gasteiger partial charge in [-0.2, -0.15) is 0 Å². The lowest BCUT2D eigenvalue weighted by atomic mass is 10.1. The Morgan fingerprint density at radius 1 is 1.40 bits per heavy atom. The Morgan fingerprint density at radius 3 is 2.90 bits per heavy atom. The number of aromatic carboxylic acids is 1. The van der Waals surface area contributed by atoms with Crippen molar-refractivity contribution in [1.29, 1.82) is 0 Å². The molecule has 2 aliphatic heterocycles. The van der Waals surface area contributed by atoms with Gasteiger partial charge in [-0.3, -0.25) is 9.59 Å². The van der Waals surface area contributed by atoms with Crippen LogP contribution in [0, 0.1) is 0 Å². The third kappa shape index (κ3) is 2.04. The van der Waals surface area contributed by atoms with Gasteiger partial charge in [-0.05, 0) is 25.0 Å². The first-order valence-electron chi connectivity index (χ1n) is 6.46. The average Bonchev–Trinajstić information content (AvgIpc) is 3.04. The number of carbonyl (C=O) groups excluding carboxylic acids is 2. The van der Waals surface area contributed by atoms with Gasteiger partial charge in [-0.1, -0.05) is 0 Å². The minimum absolute atomic E-state index is 0.0262. The van der Waals surface area contributed by atoms with Gasteiger partial charge >= 0.3 is 5.97 Å². The summed E-state index contributed by atoms with van der Waals surface area (Å²) in [5, 5.41) is 8.79. The highest BCUT2D eigenvalue weighted by Crippen LogP contribution is 2.25. The van der Waals surface area contributed by atoms with Gasteiger partial charge in [0.05, 0.1) is 6.54 Å². The summed E-state index contributed by atoms with van der Waals surface area (Å²) in [6.07, 6.45) is 1.54. The third-order valence-corrected chi connectivity index (χ3v) is 3.72. The van der Waals surface area contributed by atoms with E-state index in [1.165, 1.54) is 17.0 Å². The number of nitrogens with zero attached hydrogens (tertiary/aromatic N) is 2. The quantitative estimate of drug-likeness (QED) is 0.859. The number of hydrogen-bond donors (Lipinski definition) is 1. The zero-order valence-electron chi connectivity index (χ0n) is 10.7. The van der Waals surface area contributed by atoms with Gasteiger partial charge in [0.1, 0.15) is 18.3 Å². The van der Waals surface area contributed by atoms with Crippen LogP contribution in [0.25, 0.3) is 0 Å². The highest BCUT2D eigenvalue weighted by atomic mass is 16.4. The zero-order valence-corrected chi connectivity index (χ0v) is 10.7. The summed E-state index contributed by atoms with van der Waals surface area (Å²) >= 11 is 0. The van der Waals surface area contributed by atoms with E-state index in [1.54, 1.807) is 4.90 Å². The van der Waals surface area contributed by atoms with Crippen LogP contribution >= 0.6 is 0 Å². The van der Waals surface area contributed by atoms with Crippen molar-refractivity contribution in [2.45, 2.75) is 25.4 Å². The number of carboxylic acids is 1. The largest absolute Gasteiger partial charge is 0.475 e. The van der Waals surface area contributed by atoms with Gasteiger partial charge < -0.3 is 19.3 Å². The molecule has 106 valence electrons. The second kappa shape index (κ2) is 4.66. The van der Waals surface area contributed by atoms with Gasteiger partial charge in [0.2, 0.25) is 17.6 Å². The van der Waals surface area contributed by atoms with Crippen molar-refractivity contribution in [3.63, 3.8) is 0 Å². The molecule has 3 rings (SSSR count). The molecule has 0 spiro atoms. The van der Waals surface area contributed by atoms with Crippen molar-refractivity contribution in [3.8, 4) is 0 Å². The molecule has 1 unspecified atom stereocenters. The van der Waals surface area contributed by atoms with E-state index in [4.69, 9.17) is 9.52 Å². The molecule has 2 saturated heterocycles. The summed E-state index contributed by atoms with van der Waals surface area (Å²) in [6, 6.07) is 2.50. The lowest BCUT2D eigenvalue weighted by molar-refractivity contribution is -0.154. The molecule has 1 aromatic rings. The number of carboxylic acid groups (broad SMARTS) is 1. The Morgan fingerprint density at radius 2 is 2.20 bits per heavy atom. The Bertz CT molecular complexity index is 579. The van der Waals surface area contributed by atoms with Gasteiger partial charge in [0.15, 0.2) is 0 Å². The fourth-order valence-corrected chi connectivity index (χ4v) is 2.76. The Balaban J connectivity index is 1.75. The number of hydrogen-bond acceptors (Lipinski definition) is 4. The molecule has 2 aliphatic rings. The van der Waals surface area contributed by atoms with Crippen molar-refractivity contribution >= 4 is 17.8 Å². The van der Waals surface area contributed by atoms with Crippen molar-refractivity contribution in [2.75, 3.05) is 13.1 Å². The fraction of sp³-hybridized carbons (Fsp3) is 0.462. The van der Waals surface area contributed by atoms with E-state index in [2.05, 4.69) is 0 Å². The van der Waals surface area contributed by atoms with Crippen LogP contribution in [0.4, 0.5) is 0 Å². The van der Waals surface area contributed by atoms with E-state index in [0.717, 1.165) is 6.42 Å². The molecule has 1 aromatic heterocycles. The minimum Gasteiger partial charge on any atom is -0.475 e. The number of rotatable bonds is 3. The topological polar surface area (TPSA) is 91.1 Å². The lowest BCUT2D eigenvalue weighted by Crippen LogP contribution is -2.56. The first-order chi connectivity index (χ1) is 9.56. The maximum Gasteiger partial charge on any atom is 0.371 e. The van der Waals surface area contributed by atoms with E-state index >= 15 is 0 Å². The van der Waals surface area contributed by atoms with Crippen LogP contribution in [0.3, 0.4) is 0 Å². The molecule has 7 heteroatoms. The first kappa shape index (κ1) is 12.7. The van der Waals surface area contributed by atoms with E-state index in [0.29, 0.717) is 18.7 Å². The Kier molecular flexibility index (Phi) is 2.96. The summed E-state index contributed by atoms with van der Waals surface area (Å²) in [6.45, 7) is 0.799. The molecule has 20 heavy (non-hydrogen) atoms. The standard InChI is InChI=1S/C13H14N2O5/c16-11-7-14(12(17)9-2-1-5-15(9)11)6-8-3-4-10(20-8)13(18)19/h3-4,9H,1-2,5-7H2,(H,18,19). The predicted octanol–water partition coefficient (Wildman–Crippen LogP) is 0.311. The van der Waals surface area contributed by atoms with Crippen molar-refractivity contribution in [2.24, 2.45) is 0 Å². The molecular formula is C13H14N2O5. The fourth-order valence-electron chi connectivity index (χ4n) is 2.76. The number of fused-ring (bicyclic) bond motifs is 1. The van der Waals surface area contributed by atoms with Gasteiger partial charge in [0.25, 0.3) is 0 Å². The van der Waals surface area contributed by atoms with Crippen LogP contribution in [-0.2, 0) is 16.1 Å². The Labute approximate surface area is 114 Å². The second-order valence-corrected chi connectivity index (χ2v) is 5.01.